The van der Waals surface area contributed by atoms with Crippen LogP contribution in [-0.2, 0) is 0 Å². The number of hydrogen-bond donors (Lipinski definition) is 2. The molecule has 6 heteroatoms. The molecule has 0 aliphatic carbocycles. The van der Waals surface area contributed by atoms with E-state index in [1.54, 1.807) is 12.3 Å². The van der Waals surface area contributed by atoms with Gasteiger partial charge in [0, 0.05) is 19.8 Å². The summed E-state index contributed by atoms with van der Waals surface area (Å²) < 4.78 is 0. The van der Waals surface area contributed by atoms with E-state index in [0.29, 0.717) is 11.6 Å². The zero-order valence-electron chi connectivity index (χ0n) is 9.59. The van der Waals surface area contributed by atoms with Crippen molar-refractivity contribution in [3.05, 3.63) is 18.0 Å². The van der Waals surface area contributed by atoms with Gasteiger partial charge in [0.15, 0.2) is 5.84 Å². The summed E-state index contributed by atoms with van der Waals surface area (Å²) in [6.45, 7) is 3.01. The molecule has 0 saturated heterocycles. The summed E-state index contributed by atoms with van der Waals surface area (Å²) >= 11 is 0. The van der Waals surface area contributed by atoms with Gasteiger partial charge in [-0.05, 0) is 12.5 Å². The third-order valence-electron chi connectivity index (χ3n) is 2.20. The Balaban J connectivity index is 2.81. The minimum atomic E-state index is -0.00691. The number of nitrogens with two attached hydrogens (primary N) is 1. The third-order valence-corrected chi connectivity index (χ3v) is 2.20. The average molecular weight is 223 g/mol. The summed E-state index contributed by atoms with van der Waals surface area (Å²) in [4.78, 5) is 10.3. The zero-order chi connectivity index (χ0) is 12.0. The Morgan fingerprint density at radius 3 is 3.00 bits per heavy atom. The summed E-state index contributed by atoms with van der Waals surface area (Å²) in [6, 6.07) is 1.60. The largest absolute Gasteiger partial charge is 0.409 e. The number of nitrogens with zero attached hydrogens (tertiary/aromatic N) is 4. The number of amidine groups is 1. The van der Waals surface area contributed by atoms with Crippen LogP contribution >= 0.6 is 0 Å². The Morgan fingerprint density at radius 1 is 1.62 bits per heavy atom. The first-order valence-electron chi connectivity index (χ1n) is 5.21. The van der Waals surface area contributed by atoms with Crippen LogP contribution in [0.25, 0.3) is 0 Å². The van der Waals surface area contributed by atoms with Crippen LogP contribution in [0.5, 0.6) is 0 Å². The molecule has 16 heavy (non-hydrogen) atoms. The molecule has 0 amide bonds. The van der Waals surface area contributed by atoms with Crippen LogP contribution < -0.4 is 10.6 Å². The second-order valence-electron chi connectivity index (χ2n) is 3.50. The first kappa shape index (κ1) is 12.2. The van der Waals surface area contributed by atoms with Crippen molar-refractivity contribution in [2.45, 2.75) is 19.8 Å². The molecule has 0 aliphatic rings. The molecule has 0 radical (unpaired) electrons. The second-order valence-corrected chi connectivity index (χ2v) is 3.50. The molecule has 0 aromatic carbocycles. The van der Waals surface area contributed by atoms with Crippen LogP contribution in [0, 0.1) is 0 Å². The molecule has 3 N–H and O–H groups in total. The number of rotatable bonds is 5. The number of hydrogen-bond acceptors (Lipinski definition) is 5. The van der Waals surface area contributed by atoms with E-state index in [1.165, 1.54) is 0 Å². The lowest BCUT2D eigenvalue weighted by Gasteiger charge is -2.16. The third kappa shape index (κ3) is 3.08. The molecule has 6 nitrogen and oxygen atoms in total. The van der Waals surface area contributed by atoms with E-state index < -0.39 is 0 Å². The van der Waals surface area contributed by atoms with E-state index in [0.717, 1.165) is 19.4 Å². The lowest BCUT2D eigenvalue weighted by molar-refractivity contribution is 0.318. The van der Waals surface area contributed by atoms with Crippen LogP contribution in [-0.4, -0.2) is 34.6 Å². The minimum absolute atomic E-state index is 0.00691. The Labute approximate surface area is 94.8 Å². The maximum atomic E-state index is 8.55. The zero-order valence-corrected chi connectivity index (χ0v) is 9.59. The average Bonchev–Trinajstić information content (AvgIpc) is 2.35. The lowest BCUT2D eigenvalue weighted by atomic mass is 10.3. The Morgan fingerprint density at radius 2 is 2.38 bits per heavy atom. The van der Waals surface area contributed by atoms with Gasteiger partial charge in [-0.3, -0.25) is 0 Å². The lowest BCUT2D eigenvalue weighted by Crippen LogP contribution is -2.23. The van der Waals surface area contributed by atoms with Gasteiger partial charge in [0.05, 0.1) is 0 Å². The van der Waals surface area contributed by atoms with Crippen LogP contribution in [0.2, 0.25) is 0 Å². The SMILES string of the molecule is CCCCN(C)c1nccc(/C(N)=N/O)n1. The van der Waals surface area contributed by atoms with Gasteiger partial charge < -0.3 is 15.8 Å². The topological polar surface area (TPSA) is 87.6 Å². The molecule has 88 valence electrons. The van der Waals surface area contributed by atoms with Gasteiger partial charge in [0.1, 0.15) is 5.69 Å². The van der Waals surface area contributed by atoms with Crippen molar-refractivity contribution >= 4 is 11.8 Å². The number of aromatic nitrogens is 2. The Kier molecular flexibility index (Phi) is 4.50. The fraction of sp³-hybridized carbons (Fsp3) is 0.500. The fourth-order valence-electron chi connectivity index (χ4n) is 1.22. The highest BCUT2D eigenvalue weighted by molar-refractivity contribution is 5.95. The van der Waals surface area contributed by atoms with Gasteiger partial charge >= 0.3 is 0 Å². The first-order valence-corrected chi connectivity index (χ1v) is 5.21. The quantitative estimate of drug-likeness (QED) is 0.334. The molecule has 1 aromatic heterocycles. The maximum Gasteiger partial charge on any atom is 0.225 e. The first-order chi connectivity index (χ1) is 7.69. The van der Waals surface area contributed by atoms with Crippen molar-refractivity contribution in [2.24, 2.45) is 10.9 Å². The molecule has 1 aromatic rings. The molecule has 0 atom stereocenters. The van der Waals surface area contributed by atoms with Crippen molar-refractivity contribution in [3.63, 3.8) is 0 Å². The van der Waals surface area contributed by atoms with Crippen molar-refractivity contribution in [1.29, 1.82) is 0 Å². The van der Waals surface area contributed by atoms with Gasteiger partial charge in [-0.25, -0.2) is 9.97 Å². The standard InChI is InChI=1S/C10H17N5O/c1-3-4-7-15(2)10-12-6-5-8(13-10)9(11)14-16/h5-6,16H,3-4,7H2,1-2H3,(H2,11,14). The van der Waals surface area contributed by atoms with E-state index >= 15 is 0 Å². The van der Waals surface area contributed by atoms with E-state index in [2.05, 4.69) is 22.0 Å². The van der Waals surface area contributed by atoms with Gasteiger partial charge in [-0.15, -0.1) is 0 Å². The van der Waals surface area contributed by atoms with E-state index in [1.807, 2.05) is 11.9 Å². The van der Waals surface area contributed by atoms with E-state index in [9.17, 15) is 0 Å². The van der Waals surface area contributed by atoms with Crippen LogP contribution in [0.3, 0.4) is 0 Å². The maximum absolute atomic E-state index is 8.55. The number of oxime groups is 1. The van der Waals surface area contributed by atoms with Crippen molar-refractivity contribution in [3.8, 4) is 0 Å². The Hall–Kier alpha value is -1.85. The monoisotopic (exact) mass is 223 g/mol. The predicted molar refractivity (Wildman–Crippen MR) is 62.7 cm³/mol. The normalized spacial score (nSPS) is 11.5. The minimum Gasteiger partial charge on any atom is -0.409 e. The molecule has 1 heterocycles. The van der Waals surface area contributed by atoms with E-state index in [4.69, 9.17) is 10.9 Å². The predicted octanol–water partition coefficient (Wildman–Crippen LogP) is 0.807. The highest BCUT2D eigenvalue weighted by atomic mass is 16.4. The molecular weight excluding hydrogens is 206 g/mol. The molecule has 0 fully saturated rings. The molecule has 0 saturated carbocycles. The van der Waals surface area contributed by atoms with Gasteiger partial charge in [-0.2, -0.15) is 0 Å². The smallest absolute Gasteiger partial charge is 0.225 e. The van der Waals surface area contributed by atoms with E-state index in [-0.39, 0.29) is 5.84 Å². The second kappa shape index (κ2) is 5.89. The summed E-state index contributed by atoms with van der Waals surface area (Å²) in [7, 11) is 1.92. The van der Waals surface area contributed by atoms with Gasteiger partial charge in [0.2, 0.25) is 5.95 Å². The fourth-order valence-corrected chi connectivity index (χ4v) is 1.22. The summed E-state index contributed by atoms with van der Waals surface area (Å²) in [5.74, 6) is 0.574. The molecule has 0 aliphatic heterocycles. The Bertz CT molecular complexity index is 366. The molecular formula is C10H17N5O. The van der Waals surface area contributed by atoms with Crippen molar-refractivity contribution in [1.82, 2.24) is 9.97 Å². The van der Waals surface area contributed by atoms with Crippen LogP contribution in [0.4, 0.5) is 5.95 Å². The molecule has 0 unspecified atom stereocenters. The summed E-state index contributed by atoms with van der Waals surface area (Å²) in [5, 5.41) is 11.5. The molecule has 0 bridgehead atoms. The van der Waals surface area contributed by atoms with Crippen LogP contribution in [0.15, 0.2) is 17.4 Å². The highest BCUT2D eigenvalue weighted by Gasteiger charge is 2.07. The van der Waals surface area contributed by atoms with Crippen molar-refractivity contribution < 1.29 is 5.21 Å². The van der Waals surface area contributed by atoms with Crippen LogP contribution in [0.1, 0.15) is 25.5 Å². The van der Waals surface area contributed by atoms with Gasteiger partial charge in [0.25, 0.3) is 0 Å². The highest BCUT2D eigenvalue weighted by Crippen LogP contribution is 2.06. The number of unbranched alkanes of at least 4 members (excludes halogenated alkanes) is 1. The number of anilines is 1. The van der Waals surface area contributed by atoms with Gasteiger partial charge in [-0.1, -0.05) is 18.5 Å². The molecule has 0 spiro atoms. The van der Waals surface area contributed by atoms with Crippen molar-refractivity contribution in [2.75, 3.05) is 18.5 Å². The molecule has 1 rings (SSSR count). The summed E-state index contributed by atoms with van der Waals surface area (Å²) in [5.41, 5.74) is 5.88. The summed E-state index contributed by atoms with van der Waals surface area (Å²) in [6.07, 6.45) is 3.79.